The second-order valence-corrected chi connectivity index (χ2v) is 8.08. The second kappa shape index (κ2) is 6.72. The summed E-state index contributed by atoms with van der Waals surface area (Å²) in [5.74, 6) is 0. The lowest BCUT2D eigenvalue weighted by Gasteiger charge is -2.09. The Balaban J connectivity index is 2.60. The van der Waals surface area contributed by atoms with Crippen LogP contribution in [-0.2, 0) is 20.0 Å². The van der Waals surface area contributed by atoms with Gasteiger partial charge in [-0.1, -0.05) is 11.6 Å². The lowest BCUT2D eigenvalue weighted by atomic mass is 10.3. The molecule has 4 N–H and O–H groups in total. The molecule has 0 aliphatic rings. The van der Waals surface area contributed by atoms with Gasteiger partial charge in [0.2, 0.25) is 20.0 Å². The Morgan fingerprint density at radius 2 is 1.75 bits per heavy atom. The largest absolute Gasteiger partial charge is 0.399 e. The lowest BCUT2D eigenvalue weighted by molar-refractivity contribution is 0.575. The van der Waals surface area contributed by atoms with Crippen LogP contribution >= 0.6 is 11.6 Å². The molecule has 0 saturated carbocycles. The highest BCUT2D eigenvalue weighted by atomic mass is 35.5. The van der Waals surface area contributed by atoms with Gasteiger partial charge in [-0.15, -0.1) is 0 Å². The second-order valence-electron chi connectivity index (χ2n) is 4.11. The predicted octanol–water partition coefficient (Wildman–Crippen LogP) is 0.140. The first-order valence-corrected chi connectivity index (χ1v) is 9.36. The van der Waals surface area contributed by atoms with Crippen molar-refractivity contribution in [2.24, 2.45) is 0 Å². The van der Waals surface area contributed by atoms with Crippen LogP contribution in [0.3, 0.4) is 0 Å². The third-order valence-electron chi connectivity index (χ3n) is 2.25. The number of nitrogens with two attached hydrogens (primary N) is 1. The molecule has 0 saturated heterocycles. The summed E-state index contributed by atoms with van der Waals surface area (Å²) in [6.07, 6.45) is 1.34. The minimum atomic E-state index is -3.77. The van der Waals surface area contributed by atoms with Crippen LogP contribution in [0.5, 0.6) is 0 Å². The van der Waals surface area contributed by atoms with E-state index >= 15 is 0 Å². The van der Waals surface area contributed by atoms with Crippen molar-refractivity contribution >= 4 is 37.3 Å². The molecule has 10 heteroatoms. The van der Waals surface area contributed by atoms with E-state index in [1.807, 2.05) is 0 Å². The van der Waals surface area contributed by atoms with E-state index in [1.54, 1.807) is 0 Å². The van der Waals surface area contributed by atoms with Crippen LogP contribution in [0.15, 0.2) is 23.1 Å². The summed E-state index contributed by atoms with van der Waals surface area (Å²) in [5, 5.41) is 0.0703. The number of nitrogen functional groups attached to an aromatic ring is 1. The number of anilines is 1. The van der Waals surface area contributed by atoms with Crippen LogP contribution < -0.4 is 15.2 Å². The maximum Gasteiger partial charge on any atom is 0.242 e. The van der Waals surface area contributed by atoms with Crippen molar-refractivity contribution < 1.29 is 16.8 Å². The van der Waals surface area contributed by atoms with Gasteiger partial charge in [0.25, 0.3) is 0 Å². The number of halogens is 1. The molecule has 0 bridgehead atoms. The zero-order valence-corrected chi connectivity index (χ0v) is 13.1. The molecule has 1 rings (SSSR count). The summed E-state index contributed by atoms with van der Waals surface area (Å²) >= 11 is 5.81. The molecular formula is C10H16ClN3O4S2. The topological polar surface area (TPSA) is 118 Å². The van der Waals surface area contributed by atoms with Crippen molar-refractivity contribution in [3.05, 3.63) is 23.2 Å². The van der Waals surface area contributed by atoms with Crippen molar-refractivity contribution in [3.8, 4) is 0 Å². The minimum Gasteiger partial charge on any atom is -0.399 e. The quantitative estimate of drug-likeness (QED) is 0.481. The molecule has 0 spiro atoms. The molecule has 1 aromatic carbocycles. The highest BCUT2D eigenvalue weighted by molar-refractivity contribution is 7.89. The molecule has 1 aromatic rings. The molecule has 0 atom stereocenters. The van der Waals surface area contributed by atoms with Crippen molar-refractivity contribution in [2.75, 3.05) is 25.1 Å². The minimum absolute atomic E-state index is 0.0703. The summed E-state index contributed by atoms with van der Waals surface area (Å²) < 4.78 is 50.2. The Kier molecular flexibility index (Phi) is 5.78. The molecule has 0 aliphatic heterocycles. The molecule has 0 radical (unpaired) electrons. The number of nitrogens with one attached hydrogen (secondary N) is 2. The molecular weight excluding hydrogens is 326 g/mol. The highest BCUT2D eigenvalue weighted by Gasteiger charge is 2.17. The zero-order chi connectivity index (χ0) is 15.4. The molecule has 20 heavy (non-hydrogen) atoms. The molecule has 0 aromatic heterocycles. The van der Waals surface area contributed by atoms with E-state index < -0.39 is 20.0 Å². The Labute approximate surface area is 123 Å². The normalized spacial score (nSPS) is 12.5. The van der Waals surface area contributed by atoms with Crippen LogP contribution in [0.25, 0.3) is 0 Å². The summed E-state index contributed by atoms with van der Waals surface area (Å²) in [5.41, 5.74) is 5.81. The summed E-state index contributed by atoms with van der Waals surface area (Å²) in [4.78, 5) is -0.102. The maximum atomic E-state index is 12.0. The van der Waals surface area contributed by atoms with Crippen LogP contribution in [-0.4, -0.2) is 36.2 Å². The average molecular weight is 342 g/mol. The van der Waals surface area contributed by atoms with Gasteiger partial charge in [0.05, 0.1) is 11.3 Å². The van der Waals surface area contributed by atoms with Crippen molar-refractivity contribution in [1.82, 2.24) is 9.44 Å². The van der Waals surface area contributed by atoms with Gasteiger partial charge in [0.1, 0.15) is 4.90 Å². The zero-order valence-electron chi connectivity index (χ0n) is 10.8. The third-order valence-corrected chi connectivity index (χ3v) is 4.93. The number of rotatable bonds is 7. The predicted molar refractivity (Wildman–Crippen MR) is 78.5 cm³/mol. The van der Waals surface area contributed by atoms with Gasteiger partial charge < -0.3 is 5.73 Å². The van der Waals surface area contributed by atoms with E-state index in [2.05, 4.69) is 9.44 Å². The Morgan fingerprint density at radius 1 is 1.15 bits per heavy atom. The first kappa shape index (κ1) is 17.2. The Morgan fingerprint density at radius 3 is 2.35 bits per heavy atom. The van der Waals surface area contributed by atoms with Gasteiger partial charge in [-0.25, -0.2) is 26.3 Å². The monoisotopic (exact) mass is 341 g/mol. The summed E-state index contributed by atoms with van der Waals surface area (Å²) in [6.45, 7) is 0.224. The van der Waals surface area contributed by atoms with E-state index in [4.69, 9.17) is 17.3 Å². The molecule has 7 nitrogen and oxygen atoms in total. The van der Waals surface area contributed by atoms with Gasteiger partial charge in [0.15, 0.2) is 0 Å². The van der Waals surface area contributed by atoms with Crippen LogP contribution in [0, 0.1) is 0 Å². The molecule has 114 valence electrons. The fourth-order valence-corrected chi connectivity index (χ4v) is 3.48. The smallest absolute Gasteiger partial charge is 0.242 e. The van der Waals surface area contributed by atoms with Crippen molar-refractivity contribution in [2.45, 2.75) is 11.3 Å². The standard InChI is InChI=1S/C10H16ClN3O4S2/c1-19(15,16)13-5-2-6-14-20(17,18)10-7-8(12)3-4-9(10)11/h3-4,7,13-14H,2,5-6,12H2,1H3. The van der Waals surface area contributed by atoms with Gasteiger partial charge in [0, 0.05) is 18.8 Å². The van der Waals surface area contributed by atoms with E-state index in [1.165, 1.54) is 18.2 Å². The van der Waals surface area contributed by atoms with Gasteiger partial charge in [-0.3, -0.25) is 0 Å². The fourth-order valence-electron chi connectivity index (χ4n) is 1.36. The number of sulfonamides is 2. The summed E-state index contributed by atoms with van der Waals surface area (Å²) in [6, 6.07) is 4.16. The van der Waals surface area contributed by atoms with Crippen molar-refractivity contribution in [1.29, 1.82) is 0 Å². The van der Waals surface area contributed by atoms with Crippen LogP contribution in [0.1, 0.15) is 6.42 Å². The molecule has 0 unspecified atom stereocenters. The first-order valence-electron chi connectivity index (χ1n) is 5.61. The lowest BCUT2D eigenvalue weighted by Crippen LogP contribution is -2.29. The van der Waals surface area contributed by atoms with Gasteiger partial charge in [-0.2, -0.15) is 0 Å². The van der Waals surface area contributed by atoms with Gasteiger partial charge in [-0.05, 0) is 24.6 Å². The van der Waals surface area contributed by atoms with Gasteiger partial charge >= 0.3 is 0 Å². The van der Waals surface area contributed by atoms with E-state index in [0.717, 1.165) is 6.26 Å². The molecule has 0 fully saturated rings. The average Bonchev–Trinajstić information content (AvgIpc) is 2.30. The third kappa shape index (κ3) is 5.63. The maximum absolute atomic E-state index is 12.0. The fraction of sp³-hybridized carbons (Fsp3) is 0.400. The molecule has 0 amide bonds. The number of hydrogen-bond acceptors (Lipinski definition) is 5. The highest BCUT2D eigenvalue weighted by Crippen LogP contribution is 2.23. The van der Waals surface area contributed by atoms with Crippen molar-refractivity contribution in [3.63, 3.8) is 0 Å². The van der Waals surface area contributed by atoms with E-state index in [-0.39, 0.29) is 28.7 Å². The van der Waals surface area contributed by atoms with E-state index in [0.29, 0.717) is 6.42 Å². The number of hydrogen-bond donors (Lipinski definition) is 3. The Bertz CT molecular complexity index is 674. The van der Waals surface area contributed by atoms with Crippen LogP contribution in [0.4, 0.5) is 5.69 Å². The van der Waals surface area contributed by atoms with E-state index in [9.17, 15) is 16.8 Å². The Hall–Kier alpha value is -0.870. The van der Waals surface area contributed by atoms with Crippen LogP contribution in [0.2, 0.25) is 5.02 Å². The SMILES string of the molecule is CS(=O)(=O)NCCCNS(=O)(=O)c1cc(N)ccc1Cl. The number of benzene rings is 1. The first-order chi connectivity index (χ1) is 9.12. The summed E-state index contributed by atoms with van der Waals surface area (Å²) in [7, 11) is -7.04. The molecule has 0 heterocycles. The molecule has 0 aliphatic carbocycles.